The zero-order chi connectivity index (χ0) is 16.1. The van der Waals surface area contributed by atoms with E-state index in [1.807, 2.05) is 4.90 Å². The number of nitrogens with two attached hydrogens (primary N) is 1. The Bertz CT molecular complexity index is 493. The van der Waals surface area contributed by atoms with Crippen LogP contribution in [-0.2, 0) is 11.2 Å². The number of halogens is 2. The van der Waals surface area contributed by atoms with Gasteiger partial charge in [-0.2, -0.15) is 8.78 Å². The van der Waals surface area contributed by atoms with Gasteiger partial charge in [0.2, 0.25) is 5.91 Å². The first-order chi connectivity index (χ1) is 10.5. The topological polar surface area (TPSA) is 55.6 Å². The minimum absolute atomic E-state index is 0.0323. The Kier molecular flexibility index (Phi) is 5.71. The summed E-state index contributed by atoms with van der Waals surface area (Å²) in [5.74, 6) is 0.714. The number of ether oxygens (including phenoxy) is 1. The second-order valence-corrected chi connectivity index (χ2v) is 5.81. The van der Waals surface area contributed by atoms with Crippen LogP contribution in [0.1, 0.15) is 25.3 Å². The van der Waals surface area contributed by atoms with E-state index < -0.39 is 6.61 Å². The predicted octanol–water partition coefficient (Wildman–Crippen LogP) is 2.42. The Labute approximate surface area is 129 Å². The second-order valence-electron chi connectivity index (χ2n) is 5.81. The normalized spacial score (nSPS) is 22.0. The molecule has 2 atom stereocenters. The van der Waals surface area contributed by atoms with Gasteiger partial charge in [0.05, 0.1) is 6.42 Å². The van der Waals surface area contributed by atoms with Gasteiger partial charge in [-0.15, -0.1) is 0 Å². The van der Waals surface area contributed by atoms with E-state index in [1.54, 1.807) is 12.1 Å². The van der Waals surface area contributed by atoms with Crippen molar-refractivity contribution in [3.8, 4) is 5.75 Å². The molecule has 1 saturated heterocycles. The molecule has 1 fully saturated rings. The van der Waals surface area contributed by atoms with Gasteiger partial charge in [0.1, 0.15) is 5.75 Å². The standard InChI is InChI=1S/C16H22F2N2O2/c1-11-6-7-20(13(8-11)10-19)15(21)9-12-2-4-14(5-3-12)22-16(17)18/h2-5,11,13,16H,6-10,19H2,1H3. The number of benzene rings is 1. The maximum atomic E-state index is 12.4. The average Bonchev–Trinajstić information content (AvgIpc) is 2.48. The fourth-order valence-corrected chi connectivity index (χ4v) is 2.87. The molecular formula is C16H22F2N2O2. The molecule has 1 aliphatic rings. The molecule has 1 aromatic carbocycles. The summed E-state index contributed by atoms with van der Waals surface area (Å²) in [5, 5.41) is 0. The summed E-state index contributed by atoms with van der Waals surface area (Å²) in [5.41, 5.74) is 6.55. The monoisotopic (exact) mass is 312 g/mol. The van der Waals surface area contributed by atoms with Gasteiger partial charge < -0.3 is 15.4 Å². The van der Waals surface area contributed by atoms with Crippen molar-refractivity contribution in [2.24, 2.45) is 11.7 Å². The molecule has 1 heterocycles. The van der Waals surface area contributed by atoms with Crippen LogP contribution in [0.5, 0.6) is 5.75 Å². The van der Waals surface area contributed by atoms with Gasteiger partial charge in [-0.3, -0.25) is 4.79 Å². The van der Waals surface area contributed by atoms with Gasteiger partial charge in [-0.05, 0) is 36.5 Å². The number of carbonyl (C=O) groups is 1. The summed E-state index contributed by atoms with van der Waals surface area (Å²) in [6.45, 7) is 0.533. The van der Waals surface area contributed by atoms with Crippen molar-refractivity contribution >= 4 is 5.91 Å². The summed E-state index contributed by atoms with van der Waals surface area (Å²) in [6, 6.07) is 6.28. The Morgan fingerprint density at radius 3 is 2.68 bits per heavy atom. The summed E-state index contributed by atoms with van der Waals surface area (Å²) in [7, 11) is 0. The van der Waals surface area contributed by atoms with Gasteiger partial charge in [0, 0.05) is 19.1 Å². The lowest BCUT2D eigenvalue weighted by Gasteiger charge is -2.38. The van der Waals surface area contributed by atoms with Crippen LogP contribution in [0.3, 0.4) is 0 Å². The highest BCUT2D eigenvalue weighted by Crippen LogP contribution is 2.23. The minimum Gasteiger partial charge on any atom is -0.435 e. The third-order valence-electron chi connectivity index (χ3n) is 4.07. The summed E-state index contributed by atoms with van der Waals surface area (Å²) in [6.07, 6.45) is 2.17. The molecule has 2 unspecified atom stereocenters. The number of likely N-dealkylation sites (tertiary alicyclic amines) is 1. The first kappa shape index (κ1) is 16.7. The van der Waals surface area contributed by atoms with E-state index in [-0.39, 0.29) is 24.1 Å². The van der Waals surface area contributed by atoms with Crippen LogP contribution in [-0.4, -0.2) is 36.5 Å². The zero-order valence-electron chi connectivity index (χ0n) is 12.7. The second kappa shape index (κ2) is 7.54. The first-order valence-electron chi connectivity index (χ1n) is 7.53. The number of carbonyl (C=O) groups excluding carboxylic acids is 1. The highest BCUT2D eigenvalue weighted by atomic mass is 19.3. The molecule has 0 saturated carbocycles. The molecule has 6 heteroatoms. The third-order valence-corrected chi connectivity index (χ3v) is 4.07. The molecule has 4 nitrogen and oxygen atoms in total. The molecular weight excluding hydrogens is 290 g/mol. The molecule has 122 valence electrons. The Morgan fingerprint density at radius 2 is 2.09 bits per heavy atom. The van der Waals surface area contributed by atoms with Crippen molar-refractivity contribution in [2.45, 2.75) is 38.8 Å². The van der Waals surface area contributed by atoms with Gasteiger partial charge in [-0.25, -0.2) is 0 Å². The largest absolute Gasteiger partial charge is 0.435 e. The number of amides is 1. The van der Waals surface area contributed by atoms with E-state index in [1.165, 1.54) is 12.1 Å². The SMILES string of the molecule is CC1CCN(C(=O)Cc2ccc(OC(F)F)cc2)C(CN)C1. The molecule has 2 rings (SSSR count). The van der Waals surface area contributed by atoms with Crippen LogP contribution < -0.4 is 10.5 Å². The molecule has 2 N–H and O–H groups in total. The van der Waals surface area contributed by atoms with Crippen molar-refractivity contribution in [3.63, 3.8) is 0 Å². The van der Waals surface area contributed by atoms with Crippen LogP contribution in [0.4, 0.5) is 8.78 Å². The van der Waals surface area contributed by atoms with Gasteiger partial charge >= 0.3 is 6.61 Å². The maximum absolute atomic E-state index is 12.4. The smallest absolute Gasteiger partial charge is 0.387 e. The first-order valence-corrected chi connectivity index (χ1v) is 7.53. The van der Waals surface area contributed by atoms with Crippen molar-refractivity contribution in [1.82, 2.24) is 4.90 Å². The van der Waals surface area contributed by atoms with Crippen LogP contribution in [0, 0.1) is 5.92 Å². The fourth-order valence-electron chi connectivity index (χ4n) is 2.87. The molecule has 0 spiro atoms. The Hall–Kier alpha value is -1.69. The van der Waals surface area contributed by atoms with Crippen molar-refractivity contribution < 1.29 is 18.3 Å². The number of nitrogens with zero attached hydrogens (tertiary/aromatic N) is 1. The van der Waals surface area contributed by atoms with Crippen molar-refractivity contribution in [2.75, 3.05) is 13.1 Å². The van der Waals surface area contributed by atoms with Gasteiger partial charge in [0.15, 0.2) is 0 Å². The Morgan fingerprint density at radius 1 is 1.41 bits per heavy atom. The van der Waals surface area contributed by atoms with E-state index in [4.69, 9.17) is 5.73 Å². The van der Waals surface area contributed by atoms with Crippen LogP contribution in [0.15, 0.2) is 24.3 Å². The molecule has 0 radical (unpaired) electrons. The lowest BCUT2D eigenvalue weighted by Crippen LogP contribution is -2.49. The average molecular weight is 312 g/mol. The highest BCUT2D eigenvalue weighted by Gasteiger charge is 2.28. The number of alkyl halides is 2. The van der Waals surface area contributed by atoms with Crippen molar-refractivity contribution in [1.29, 1.82) is 0 Å². The summed E-state index contributed by atoms with van der Waals surface area (Å²) >= 11 is 0. The zero-order valence-corrected chi connectivity index (χ0v) is 12.7. The maximum Gasteiger partial charge on any atom is 0.387 e. The molecule has 0 aliphatic carbocycles. The molecule has 0 aromatic heterocycles. The number of rotatable bonds is 5. The number of hydrogen-bond acceptors (Lipinski definition) is 3. The van der Waals surface area contributed by atoms with Crippen molar-refractivity contribution in [3.05, 3.63) is 29.8 Å². The quantitative estimate of drug-likeness (QED) is 0.908. The molecule has 1 amide bonds. The summed E-state index contributed by atoms with van der Waals surface area (Å²) < 4.78 is 28.5. The van der Waals surface area contributed by atoms with E-state index >= 15 is 0 Å². The van der Waals surface area contributed by atoms with E-state index in [2.05, 4.69) is 11.7 Å². The Balaban J connectivity index is 1.96. The minimum atomic E-state index is -2.84. The number of hydrogen-bond donors (Lipinski definition) is 1. The van der Waals surface area contributed by atoms with Crippen LogP contribution >= 0.6 is 0 Å². The fraction of sp³-hybridized carbons (Fsp3) is 0.562. The molecule has 22 heavy (non-hydrogen) atoms. The van der Waals surface area contributed by atoms with Crippen LogP contribution in [0.25, 0.3) is 0 Å². The lowest BCUT2D eigenvalue weighted by atomic mass is 9.92. The van der Waals surface area contributed by atoms with E-state index in [0.29, 0.717) is 12.5 Å². The molecule has 1 aliphatic heterocycles. The van der Waals surface area contributed by atoms with Gasteiger partial charge in [-0.1, -0.05) is 19.1 Å². The van der Waals surface area contributed by atoms with Gasteiger partial charge in [0.25, 0.3) is 0 Å². The van der Waals surface area contributed by atoms with E-state index in [0.717, 1.165) is 24.9 Å². The lowest BCUT2D eigenvalue weighted by molar-refractivity contribution is -0.134. The highest BCUT2D eigenvalue weighted by molar-refractivity contribution is 5.79. The molecule has 1 aromatic rings. The third kappa shape index (κ3) is 4.40. The number of piperidine rings is 1. The van der Waals surface area contributed by atoms with Crippen LogP contribution in [0.2, 0.25) is 0 Å². The predicted molar refractivity (Wildman–Crippen MR) is 79.7 cm³/mol. The molecule has 0 bridgehead atoms. The summed E-state index contributed by atoms with van der Waals surface area (Å²) in [4.78, 5) is 14.3. The van der Waals surface area contributed by atoms with E-state index in [9.17, 15) is 13.6 Å².